The molecule has 15 heavy (non-hydrogen) atoms. The van der Waals surface area contributed by atoms with Crippen molar-refractivity contribution in [1.29, 1.82) is 0 Å². The van der Waals surface area contributed by atoms with E-state index in [2.05, 4.69) is 11.2 Å². The fraction of sp³-hybridized carbons (Fsp3) is 0. The molecule has 73 valence electrons. The van der Waals surface area contributed by atoms with Crippen LogP contribution in [0.15, 0.2) is 42.6 Å². The van der Waals surface area contributed by atoms with E-state index < -0.39 is 5.97 Å². The second kappa shape index (κ2) is 3.92. The van der Waals surface area contributed by atoms with Gasteiger partial charge in [0.1, 0.15) is 0 Å². The van der Waals surface area contributed by atoms with Crippen molar-refractivity contribution >= 4 is 5.97 Å². The van der Waals surface area contributed by atoms with Gasteiger partial charge < -0.3 is 5.11 Å². The highest BCUT2D eigenvalue weighted by Crippen LogP contribution is 2.21. The number of pyridine rings is 1. The van der Waals surface area contributed by atoms with Gasteiger partial charge >= 0.3 is 5.97 Å². The zero-order valence-electron chi connectivity index (χ0n) is 7.84. The Bertz CT molecular complexity index is 480. The molecule has 0 atom stereocenters. The van der Waals surface area contributed by atoms with Crippen LogP contribution in [-0.2, 0) is 0 Å². The first kappa shape index (κ1) is 9.40. The Morgan fingerprint density at radius 2 is 2.00 bits per heavy atom. The first-order chi connectivity index (χ1) is 7.29. The van der Waals surface area contributed by atoms with Crippen molar-refractivity contribution in [2.24, 2.45) is 0 Å². The molecule has 0 aliphatic carbocycles. The smallest absolute Gasteiger partial charge is 0.336 e. The number of nitrogens with zero attached hydrogens (tertiary/aromatic N) is 1. The number of aromatic carboxylic acids is 1. The Kier molecular flexibility index (Phi) is 2.46. The second-order valence-electron chi connectivity index (χ2n) is 3.01. The molecule has 3 heteroatoms. The number of carbonyl (C=O) groups is 1. The Morgan fingerprint density at radius 3 is 2.67 bits per heavy atom. The van der Waals surface area contributed by atoms with Gasteiger partial charge in [-0.05, 0) is 17.7 Å². The van der Waals surface area contributed by atoms with Crippen LogP contribution in [0.3, 0.4) is 0 Å². The van der Waals surface area contributed by atoms with Crippen molar-refractivity contribution in [2.75, 3.05) is 0 Å². The summed E-state index contributed by atoms with van der Waals surface area (Å²) in [5, 5.41) is 8.99. The van der Waals surface area contributed by atoms with Gasteiger partial charge in [-0.2, -0.15) is 0 Å². The SMILES string of the molecule is O=C(O)c1ccccc1-c1[c]nccc1. The van der Waals surface area contributed by atoms with Gasteiger partial charge in [-0.3, -0.25) is 4.98 Å². The van der Waals surface area contributed by atoms with Crippen LogP contribution >= 0.6 is 0 Å². The number of aromatic nitrogens is 1. The maximum atomic E-state index is 11.0. The monoisotopic (exact) mass is 198 g/mol. The van der Waals surface area contributed by atoms with E-state index in [1.165, 1.54) is 0 Å². The minimum Gasteiger partial charge on any atom is -0.478 e. The Hall–Kier alpha value is -2.16. The lowest BCUT2D eigenvalue weighted by Gasteiger charge is -2.04. The van der Waals surface area contributed by atoms with Crippen molar-refractivity contribution in [3.05, 3.63) is 54.4 Å². The van der Waals surface area contributed by atoms with Crippen LogP contribution in [0.1, 0.15) is 10.4 Å². The van der Waals surface area contributed by atoms with E-state index in [9.17, 15) is 4.79 Å². The average Bonchev–Trinajstić information content (AvgIpc) is 2.30. The molecule has 0 saturated heterocycles. The first-order valence-electron chi connectivity index (χ1n) is 4.44. The molecule has 0 amide bonds. The van der Waals surface area contributed by atoms with Crippen LogP contribution in [0.25, 0.3) is 11.1 Å². The summed E-state index contributed by atoms with van der Waals surface area (Å²) in [5.41, 5.74) is 1.59. The topological polar surface area (TPSA) is 50.2 Å². The third-order valence-corrected chi connectivity index (χ3v) is 2.06. The molecule has 0 saturated carbocycles. The van der Waals surface area contributed by atoms with Gasteiger partial charge in [-0.15, -0.1) is 0 Å². The summed E-state index contributed by atoms with van der Waals surface area (Å²) in [7, 11) is 0. The zero-order valence-corrected chi connectivity index (χ0v) is 7.84. The molecule has 0 aliphatic heterocycles. The molecule has 1 heterocycles. The maximum Gasteiger partial charge on any atom is 0.336 e. The van der Waals surface area contributed by atoms with E-state index >= 15 is 0 Å². The van der Waals surface area contributed by atoms with Crippen LogP contribution in [0.5, 0.6) is 0 Å². The molecule has 1 aromatic heterocycles. The minimum absolute atomic E-state index is 0.266. The van der Waals surface area contributed by atoms with E-state index in [4.69, 9.17) is 5.11 Å². The minimum atomic E-state index is -0.942. The van der Waals surface area contributed by atoms with Gasteiger partial charge in [0.15, 0.2) is 0 Å². The number of hydrogen-bond acceptors (Lipinski definition) is 2. The van der Waals surface area contributed by atoms with Gasteiger partial charge in [0, 0.05) is 11.8 Å². The molecule has 1 radical (unpaired) electrons. The molecule has 1 aromatic carbocycles. The number of benzene rings is 1. The van der Waals surface area contributed by atoms with Crippen molar-refractivity contribution in [3.8, 4) is 11.1 Å². The molecular weight excluding hydrogens is 190 g/mol. The van der Waals surface area contributed by atoms with E-state index in [0.717, 1.165) is 0 Å². The third kappa shape index (κ3) is 1.86. The number of rotatable bonds is 2. The van der Waals surface area contributed by atoms with E-state index in [0.29, 0.717) is 11.1 Å². The van der Waals surface area contributed by atoms with Crippen molar-refractivity contribution in [1.82, 2.24) is 4.98 Å². The highest BCUT2D eigenvalue weighted by atomic mass is 16.4. The van der Waals surface area contributed by atoms with E-state index in [1.807, 2.05) is 0 Å². The Labute approximate surface area is 87.0 Å². The first-order valence-corrected chi connectivity index (χ1v) is 4.44. The molecule has 0 bridgehead atoms. The van der Waals surface area contributed by atoms with Gasteiger partial charge in [-0.1, -0.05) is 24.3 Å². The molecule has 1 N–H and O–H groups in total. The lowest BCUT2D eigenvalue weighted by molar-refractivity contribution is 0.0698. The highest BCUT2D eigenvalue weighted by molar-refractivity contribution is 5.95. The summed E-state index contributed by atoms with van der Waals surface area (Å²) in [5.74, 6) is -0.942. The molecule has 3 nitrogen and oxygen atoms in total. The van der Waals surface area contributed by atoms with Crippen molar-refractivity contribution in [3.63, 3.8) is 0 Å². The lowest BCUT2D eigenvalue weighted by atomic mass is 10.0. The fourth-order valence-electron chi connectivity index (χ4n) is 1.38. The van der Waals surface area contributed by atoms with E-state index in [-0.39, 0.29) is 5.56 Å². The summed E-state index contributed by atoms with van der Waals surface area (Å²) in [6.07, 6.45) is 4.37. The van der Waals surface area contributed by atoms with Crippen molar-refractivity contribution in [2.45, 2.75) is 0 Å². The summed E-state index contributed by atoms with van der Waals surface area (Å²) >= 11 is 0. The van der Waals surface area contributed by atoms with Gasteiger partial charge in [0.05, 0.1) is 11.8 Å². The van der Waals surface area contributed by atoms with Crippen molar-refractivity contribution < 1.29 is 9.90 Å². The predicted octanol–water partition coefficient (Wildman–Crippen LogP) is 2.25. The molecule has 0 fully saturated rings. The van der Waals surface area contributed by atoms with Crippen LogP contribution in [0.4, 0.5) is 0 Å². The summed E-state index contributed by atoms with van der Waals surface area (Å²) in [6, 6.07) is 10.3. The van der Waals surface area contributed by atoms with Crippen LogP contribution in [-0.4, -0.2) is 16.1 Å². The Balaban J connectivity index is 2.58. The second-order valence-corrected chi connectivity index (χ2v) is 3.01. The zero-order chi connectivity index (χ0) is 10.7. The number of hydrogen-bond donors (Lipinski definition) is 1. The molecule has 0 unspecified atom stereocenters. The lowest BCUT2D eigenvalue weighted by Crippen LogP contribution is -1.99. The molecule has 2 aromatic rings. The summed E-state index contributed by atoms with van der Waals surface area (Å²) in [6.45, 7) is 0. The number of carboxylic acids is 1. The molecule has 0 aliphatic rings. The summed E-state index contributed by atoms with van der Waals surface area (Å²) in [4.78, 5) is 14.8. The predicted molar refractivity (Wildman–Crippen MR) is 55.5 cm³/mol. The highest BCUT2D eigenvalue weighted by Gasteiger charge is 2.10. The van der Waals surface area contributed by atoms with Crippen LogP contribution in [0, 0.1) is 6.20 Å². The summed E-state index contributed by atoms with van der Waals surface area (Å²) < 4.78 is 0. The largest absolute Gasteiger partial charge is 0.478 e. The van der Waals surface area contributed by atoms with Gasteiger partial charge in [-0.25, -0.2) is 4.79 Å². The standard InChI is InChI=1S/C12H8NO2/c14-12(15)11-6-2-1-5-10(11)9-4-3-7-13-8-9/h1-7H,(H,14,15). The van der Waals surface area contributed by atoms with Gasteiger partial charge in [0.25, 0.3) is 0 Å². The normalized spacial score (nSPS) is 9.87. The fourth-order valence-corrected chi connectivity index (χ4v) is 1.38. The molecular formula is C12H8NO2. The molecule has 0 spiro atoms. The van der Waals surface area contributed by atoms with Gasteiger partial charge in [0.2, 0.25) is 0 Å². The third-order valence-electron chi connectivity index (χ3n) is 2.06. The van der Waals surface area contributed by atoms with Crippen LogP contribution in [0.2, 0.25) is 0 Å². The quantitative estimate of drug-likeness (QED) is 0.805. The maximum absolute atomic E-state index is 11.0. The number of carboxylic acid groups (broad SMARTS) is 1. The van der Waals surface area contributed by atoms with Crippen LogP contribution < -0.4 is 0 Å². The Morgan fingerprint density at radius 1 is 1.20 bits per heavy atom. The van der Waals surface area contributed by atoms with E-state index in [1.54, 1.807) is 42.6 Å². The average molecular weight is 198 g/mol. The molecule has 2 rings (SSSR count).